The molecule has 3 heteroatoms. The second-order valence-electron chi connectivity index (χ2n) is 4.42. The van der Waals surface area contributed by atoms with Crippen molar-refractivity contribution in [2.24, 2.45) is 5.84 Å². The Morgan fingerprint density at radius 2 is 2.13 bits per heavy atom. The van der Waals surface area contributed by atoms with Crippen molar-refractivity contribution >= 4 is 0 Å². The van der Waals surface area contributed by atoms with Crippen molar-refractivity contribution in [2.45, 2.75) is 51.1 Å². The predicted octanol–water partition coefficient (Wildman–Crippen LogP) is 1.35. The fourth-order valence-corrected chi connectivity index (χ4v) is 1.86. The molecule has 0 rings (SSSR count). The van der Waals surface area contributed by atoms with Gasteiger partial charge in [-0.1, -0.05) is 6.92 Å². The molecule has 0 amide bonds. The number of hydrogen-bond donors (Lipinski definition) is 2. The molecule has 0 aliphatic carbocycles. The van der Waals surface area contributed by atoms with Crippen LogP contribution in [0.1, 0.15) is 39.5 Å². The molecule has 0 saturated heterocycles. The molecule has 0 aromatic rings. The van der Waals surface area contributed by atoms with Gasteiger partial charge in [-0.25, -0.2) is 0 Å². The normalized spacial score (nSPS) is 17.1. The standard InChI is InChI=1S/C12H25N3/c1-6-8-9-10-11(14-13)12(3,7-2)15(4)5/h1,11,14H,7-10,13H2,2-5H3. The van der Waals surface area contributed by atoms with Gasteiger partial charge < -0.3 is 4.90 Å². The number of hydrogen-bond acceptors (Lipinski definition) is 3. The van der Waals surface area contributed by atoms with Crippen LogP contribution < -0.4 is 11.3 Å². The number of hydrazine groups is 1. The Balaban J connectivity index is 4.41. The average molecular weight is 211 g/mol. The molecule has 88 valence electrons. The minimum atomic E-state index is 0.0867. The first-order valence-corrected chi connectivity index (χ1v) is 5.60. The fourth-order valence-electron chi connectivity index (χ4n) is 1.86. The van der Waals surface area contributed by atoms with Crippen LogP contribution in [0.15, 0.2) is 0 Å². The Hall–Kier alpha value is -0.560. The molecule has 2 unspecified atom stereocenters. The molecular weight excluding hydrogens is 186 g/mol. The topological polar surface area (TPSA) is 41.3 Å². The zero-order chi connectivity index (χ0) is 11.9. The maximum absolute atomic E-state index is 5.63. The summed E-state index contributed by atoms with van der Waals surface area (Å²) in [5, 5.41) is 0. The third kappa shape index (κ3) is 3.83. The summed E-state index contributed by atoms with van der Waals surface area (Å²) in [6.07, 6.45) is 9.17. The highest BCUT2D eigenvalue weighted by atomic mass is 15.3. The van der Waals surface area contributed by atoms with Crippen LogP contribution in [0.3, 0.4) is 0 Å². The molecular formula is C12H25N3. The molecule has 0 spiro atoms. The second kappa shape index (κ2) is 6.84. The van der Waals surface area contributed by atoms with E-state index in [4.69, 9.17) is 12.3 Å². The minimum Gasteiger partial charge on any atom is -0.302 e. The molecule has 0 fully saturated rings. The monoisotopic (exact) mass is 211 g/mol. The zero-order valence-corrected chi connectivity index (χ0v) is 10.5. The lowest BCUT2D eigenvalue weighted by Crippen LogP contribution is -2.58. The molecule has 0 radical (unpaired) electrons. The average Bonchev–Trinajstić information content (AvgIpc) is 2.23. The molecule has 0 bridgehead atoms. The van der Waals surface area contributed by atoms with E-state index in [1.165, 1.54) is 0 Å². The van der Waals surface area contributed by atoms with Gasteiger partial charge in [0.05, 0.1) is 0 Å². The van der Waals surface area contributed by atoms with Crippen LogP contribution in [0.5, 0.6) is 0 Å². The molecule has 3 N–H and O–H groups in total. The summed E-state index contributed by atoms with van der Waals surface area (Å²) in [7, 11) is 4.18. The van der Waals surface area contributed by atoms with E-state index < -0.39 is 0 Å². The van der Waals surface area contributed by atoms with Gasteiger partial charge in [0, 0.05) is 18.0 Å². The molecule has 0 aromatic carbocycles. The van der Waals surface area contributed by atoms with Gasteiger partial charge in [-0.05, 0) is 40.3 Å². The number of rotatable bonds is 7. The van der Waals surface area contributed by atoms with E-state index in [1.54, 1.807) is 0 Å². The van der Waals surface area contributed by atoms with Gasteiger partial charge in [0.15, 0.2) is 0 Å². The second-order valence-corrected chi connectivity index (χ2v) is 4.42. The van der Waals surface area contributed by atoms with Crippen molar-refractivity contribution in [2.75, 3.05) is 14.1 Å². The van der Waals surface area contributed by atoms with E-state index in [1.807, 2.05) is 0 Å². The van der Waals surface area contributed by atoms with Crippen molar-refractivity contribution in [1.82, 2.24) is 10.3 Å². The minimum absolute atomic E-state index is 0.0867. The Morgan fingerprint density at radius 1 is 1.53 bits per heavy atom. The summed E-state index contributed by atoms with van der Waals surface area (Å²) in [6.45, 7) is 4.42. The first-order valence-electron chi connectivity index (χ1n) is 5.60. The molecule has 3 nitrogen and oxygen atoms in total. The van der Waals surface area contributed by atoms with Crippen molar-refractivity contribution in [3.63, 3.8) is 0 Å². The zero-order valence-electron chi connectivity index (χ0n) is 10.5. The van der Waals surface area contributed by atoms with Crippen molar-refractivity contribution in [3.05, 3.63) is 0 Å². The van der Waals surface area contributed by atoms with Crippen LogP contribution in [0.25, 0.3) is 0 Å². The smallest absolute Gasteiger partial charge is 0.0392 e. The van der Waals surface area contributed by atoms with Gasteiger partial charge in [0.25, 0.3) is 0 Å². The molecule has 0 saturated carbocycles. The largest absolute Gasteiger partial charge is 0.302 e. The summed E-state index contributed by atoms with van der Waals surface area (Å²) in [4.78, 5) is 2.23. The summed E-state index contributed by atoms with van der Waals surface area (Å²) in [5.41, 5.74) is 3.01. The van der Waals surface area contributed by atoms with Crippen molar-refractivity contribution in [1.29, 1.82) is 0 Å². The Labute approximate surface area is 94.4 Å². The Bertz CT molecular complexity index is 207. The maximum atomic E-state index is 5.63. The maximum Gasteiger partial charge on any atom is 0.0392 e. The quantitative estimate of drug-likeness (QED) is 0.289. The number of nitrogens with one attached hydrogen (secondary N) is 1. The molecule has 2 atom stereocenters. The van der Waals surface area contributed by atoms with E-state index >= 15 is 0 Å². The first kappa shape index (κ1) is 14.4. The highest BCUT2D eigenvalue weighted by Crippen LogP contribution is 2.23. The van der Waals surface area contributed by atoms with Crippen LogP contribution in [0.4, 0.5) is 0 Å². The highest BCUT2D eigenvalue weighted by Gasteiger charge is 2.33. The van der Waals surface area contributed by atoms with E-state index in [0.29, 0.717) is 0 Å². The molecule has 15 heavy (non-hydrogen) atoms. The van der Waals surface area contributed by atoms with E-state index in [9.17, 15) is 0 Å². The molecule has 0 aliphatic heterocycles. The molecule has 0 aliphatic rings. The number of nitrogens with two attached hydrogens (primary N) is 1. The van der Waals surface area contributed by atoms with Crippen molar-refractivity contribution < 1.29 is 0 Å². The predicted molar refractivity (Wildman–Crippen MR) is 66.2 cm³/mol. The van der Waals surface area contributed by atoms with Gasteiger partial charge in [0.1, 0.15) is 0 Å². The van der Waals surface area contributed by atoms with E-state index in [0.717, 1.165) is 25.7 Å². The van der Waals surface area contributed by atoms with Crippen LogP contribution in [0, 0.1) is 12.3 Å². The summed E-state index contributed by atoms with van der Waals surface area (Å²) < 4.78 is 0. The molecule has 0 heterocycles. The lowest BCUT2D eigenvalue weighted by molar-refractivity contribution is 0.107. The number of nitrogens with zero attached hydrogens (tertiary/aromatic N) is 1. The lowest BCUT2D eigenvalue weighted by Gasteiger charge is -2.42. The van der Waals surface area contributed by atoms with Gasteiger partial charge in [0.2, 0.25) is 0 Å². The fraction of sp³-hybridized carbons (Fsp3) is 0.833. The SMILES string of the molecule is C#CCCCC(NN)C(C)(CC)N(C)C. The van der Waals surface area contributed by atoms with Crippen LogP contribution >= 0.6 is 0 Å². The van der Waals surface area contributed by atoms with Gasteiger partial charge in [-0.2, -0.15) is 0 Å². The highest BCUT2D eigenvalue weighted by molar-refractivity contribution is 4.94. The lowest BCUT2D eigenvalue weighted by atomic mass is 9.85. The van der Waals surface area contributed by atoms with Crippen molar-refractivity contribution in [3.8, 4) is 12.3 Å². The third-order valence-electron chi connectivity index (χ3n) is 3.50. The Kier molecular flexibility index (Phi) is 6.58. The Morgan fingerprint density at radius 3 is 2.47 bits per heavy atom. The van der Waals surface area contributed by atoms with E-state index in [2.05, 4.69) is 44.2 Å². The van der Waals surface area contributed by atoms with E-state index in [-0.39, 0.29) is 11.6 Å². The van der Waals surface area contributed by atoms with Gasteiger partial charge in [-0.15, -0.1) is 12.3 Å². The number of terminal acetylenes is 1. The summed E-state index contributed by atoms with van der Waals surface area (Å²) in [6, 6.07) is 0.283. The first-order chi connectivity index (χ1) is 7.02. The summed E-state index contributed by atoms with van der Waals surface area (Å²) in [5.74, 6) is 8.29. The van der Waals surface area contributed by atoms with Crippen LogP contribution in [0.2, 0.25) is 0 Å². The van der Waals surface area contributed by atoms with Crippen LogP contribution in [-0.2, 0) is 0 Å². The molecule has 0 aromatic heterocycles. The third-order valence-corrected chi connectivity index (χ3v) is 3.50. The number of likely N-dealkylation sites (N-methyl/N-ethyl adjacent to an activating group) is 1. The van der Waals surface area contributed by atoms with Crippen LogP contribution in [-0.4, -0.2) is 30.6 Å². The summed E-state index contributed by atoms with van der Waals surface area (Å²) >= 11 is 0. The van der Waals surface area contributed by atoms with Gasteiger partial charge in [-0.3, -0.25) is 11.3 Å². The van der Waals surface area contributed by atoms with Gasteiger partial charge >= 0.3 is 0 Å². The number of unbranched alkanes of at least 4 members (excludes halogenated alkanes) is 1.